The van der Waals surface area contributed by atoms with Crippen LogP contribution >= 0.6 is 0 Å². The molecule has 0 unspecified atom stereocenters. The summed E-state index contributed by atoms with van der Waals surface area (Å²) in [6, 6.07) is 19.0. The third kappa shape index (κ3) is 1.90. The SMILES string of the molecule is c1ccc2c3c4c(cccc4nc2c1)N(Cc1ccncc1)C3. The van der Waals surface area contributed by atoms with E-state index < -0.39 is 0 Å². The summed E-state index contributed by atoms with van der Waals surface area (Å²) >= 11 is 0. The van der Waals surface area contributed by atoms with Crippen LogP contribution in [0.25, 0.3) is 21.8 Å². The van der Waals surface area contributed by atoms with Crippen LogP contribution < -0.4 is 4.90 Å². The second-order valence-corrected chi connectivity index (χ2v) is 5.99. The molecule has 0 N–H and O–H groups in total. The van der Waals surface area contributed by atoms with Gasteiger partial charge in [0.2, 0.25) is 0 Å². The molecule has 3 heteroatoms. The van der Waals surface area contributed by atoms with Crippen LogP contribution in [0.1, 0.15) is 11.1 Å². The Hall–Kier alpha value is -2.94. The van der Waals surface area contributed by atoms with Crippen molar-refractivity contribution in [3.8, 4) is 0 Å². The van der Waals surface area contributed by atoms with Gasteiger partial charge in [0.15, 0.2) is 0 Å². The lowest BCUT2D eigenvalue weighted by molar-refractivity contribution is 0.829. The molecule has 2 aromatic carbocycles. The second-order valence-electron chi connectivity index (χ2n) is 5.99. The van der Waals surface area contributed by atoms with Crippen molar-refractivity contribution in [1.29, 1.82) is 0 Å². The zero-order valence-corrected chi connectivity index (χ0v) is 12.6. The van der Waals surface area contributed by atoms with Gasteiger partial charge in [0.05, 0.1) is 11.0 Å². The highest BCUT2D eigenvalue weighted by Crippen LogP contribution is 2.40. The van der Waals surface area contributed by atoms with Crippen LogP contribution in [0.5, 0.6) is 0 Å². The fourth-order valence-corrected chi connectivity index (χ4v) is 3.57. The van der Waals surface area contributed by atoms with Crippen molar-refractivity contribution in [2.45, 2.75) is 13.1 Å². The van der Waals surface area contributed by atoms with Gasteiger partial charge in [0.25, 0.3) is 0 Å². The number of hydrogen-bond acceptors (Lipinski definition) is 3. The molecule has 0 aliphatic carbocycles. The molecule has 3 heterocycles. The number of pyridine rings is 2. The second kappa shape index (κ2) is 4.78. The molecule has 2 aromatic heterocycles. The maximum Gasteiger partial charge on any atom is 0.0734 e. The van der Waals surface area contributed by atoms with E-state index in [1.807, 2.05) is 12.4 Å². The van der Waals surface area contributed by atoms with E-state index in [-0.39, 0.29) is 0 Å². The molecule has 1 aliphatic heterocycles. The molecule has 0 atom stereocenters. The maximum absolute atomic E-state index is 4.84. The zero-order valence-electron chi connectivity index (χ0n) is 12.6. The predicted octanol–water partition coefficient (Wildman–Crippen LogP) is 4.30. The van der Waals surface area contributed by atoms with Crippen LogP contribution in [0, 0.1) is 0 Å². The summed E-state index contributed by atoms with van der Waals surface area (Å²) in [5.74, 6) is 0. The minimum atomic E-state index is 0.893. The number of hydrogen-bond donors (Lipinski definition) is 0. The Kier molecular flexibility index (Phi) is 2.62. The predicted molar refractivity (Wildman–Crippen MR) is 93.4 cm³/mol. The lowest BCUT2D eigenvalue weighted by Crippen LogP contribution is -2.17. The smallest absolute Gasteiger partial charge is 0.0734 e. The fraction of sp³-hybridized carbons (Fsp3) is 0.100. The van der Waals surface area contributed by atoms with E-state index in [9.17, 15) is 0 Å². The number of fused-ring (bicyclic) bond motifs is 2. The van der Waals surface area contributed by atoms with Gasteiger partial charge in [0, 0.05) is 41.9 Å². The molecule has 5 rings (SSSR count). The molecule has 1 aliphatic rings. The Morgan fingerprint density at radius 1 is 0.870 bits per heavy atom. The Morgan fingerprint density at radius 3 is 2.61 bits per heavy atom. The normalized spacial score (nSPS) is 13.1. The summed E-state index contributed by atoms with van der Waals surface area (Å²) < 4.78 is 0. The van der Waals surface area contributed by atoms with Crippen LogP contribution in [0.15, 0.2) is 67.0 Å². The van der Waals surface area contributed by atoms with E-state index in [2.05, 4.69) is 64.5 Å². The van der Waals surface area contributed by atoms with Crippen LogP contribution in [0.2, 0.25) is 0 Å². The Morgan fingerprint density at radius 2 is 1.70 bits per heavy atom. The van der Waals surface area contributed by atoms with Gasteiger partial charge in [-0.15, -0.1) is 0 Å². The highest BCUT2D eigenvalue weighted by molar-refractivity contribution is 6.06. The van der Waals surface area contributed by atoms with Gasteiger partial charge in [-0.05, 0) is 41.5 Å². The molecule has 3 nitrogen and oxygen atoms in total. The van der Waals surface area contributed by atoms with Gasteiger partial charge in [-0.25, -0.2) is 4.98 Å². The first-order chi connectivity index (χ1) is 11.4. The highest BCUT2D eigenvalue weighted by Gasteiger charge is 2.24. The van der Waals surface area contributed by atoms with Gasteiger partial charge in [0.1, 0.15) is 0 Å². The van der Waals surface area contributed by atoms with E-state index in [4.69, 9.17) is 4.98 Å². The highest BCUT2D eigenvalue weighted by atomic mass is 15.1. The molecular formula is C20H15N3. The van der Waals surface area contributed by atoms with E-state index in [1.54, 1.807) is 0 Å². The molecule has 0 bridgehead atoms. The zero-order chi connectivity index (χ0) is 15.2. The van der Waals surface area contributed by atoms with Crippen molar-refractivity contribution in [2.75, 3.05) is 4.90 Å². The van der Waals surface area contributed by atoms with Crippen molar-refractivity contribution < 1.29 is 0 Å². The Bertz CT molecular complexity index is 1020. The minimum absolute atomic E-state index is 0.893. The first-order valence-corrected chi connectivity index (χ1v) is 7.84. The van der Waals surface area contributed by atoms with Crippen molar-refractivity contribution in [3.63, 3.8) is 0 Å². The monoisotopic (exact) mass is 297 g/mol. The van der Waals surface area contributed by atoms with Crippen molar-refractivity contribution in [3.05, 3.63) is 78.1 Å². The number of anilines is 1. The van der Waals surface area contributed by atoms with Gasteiger partial charge < -0.3 is 4.90 Å². The number of benzene rings is 2. The molecule has 0 amide bonds. The Labute approximate surface area is 134 Å². The quantitative estimate of drug-likeness (QED) is 0.516. The molecule has 0 saturated carbocycles. The van der Waals surface area contributed by atoms with E-state index in [0.717, 1.165) is 24.1 Å². The molecule has 0 saturated heterocycles. The maximum atomic E-state index is 4.84. The summed E-state index contributed by atoms with van der Waals surface area (Å²) in [6.07, 6.45) is 3.71. The molecule has 0 spiro atoms. The summed E-state index contributed by atoms with van der Waals surface area (Å²) in [6.45, 7) is 1.83. The average Bonchev–Trinajstić information content (AvgIpc) is 2.97. The van der Waals surface area contributed by atoms with E-state index in [0.29, 0.717) is 0 Å². The third-order valence-electron chi connectivity index (χ3n) is 4.60. The van der Waals surface area contributed by atoms with Crippen LogP contribution in [-0.4, -0.2) is 9.97 Å². The lowest BCUT2D eigenvalue weighted by atomic mass is 10.0. The van der Waals surface area contributed by atoms with E-state index in [1.165, 1.54) is 27.6 Å². The molecule has 110 valence electrons. The van der Waals surface area contributed by atoms with Crippen LogP contribution in [0.3, 0.4) is 0 Å². The number of nitrogens with zero attached hydrogens (tertiary/aromatic N) is 3. The Balaban J connectivity index is 1.70. The van der Waals surface area contributed by atoms with Crippen molar-refractivity contribution >= 4 is 27.5 Å². The summed E-state index contributed by atoms with van der Waals surface area (Å²) in [5.41, 5.74) is 6.14. The van der Waals surface area contributed by atoms with Crippen molar-refractivity contribution in [2.24, 2.45) is 0 Å². The number of para-hydroxylation sites is 1. The van der Waals surface area contributed by atoms with Crippen molar-refractivity contribution in [1.82, 2.24) is 9.97 Å². The number of rotatable bonds is 2. The summed E-state index contributed by atoms with van der Waals surface area (Å²) in [5, 5.41) is 2.57. The van der Waals surface area contributed by atoms with Gasteiger partial charge >= 0.3 is 0 Å². The largest absolute Gasteiger partial charge is 0.362 e. The number of aromatic nitrogens is 2. The molecule has 0 radical (unpaired) electrons. The van der Waals surface area contributed by atoms with Gasteiger partial charge in [-0.3, -0.25) is 4.98 Å². The topological polar surface area (TPSA) is 29.0 Å². The molecule has 23 heavy (non-hydrogen) atoms. The fourth-order valence-electron chi connectivity index (χ4n) is 3.57. The lowest BCUT2D eigenvalue weighted by Gasteiger charge is -2.19. The van der Waals surface area contributed by atoms with Crippen LogP contribution in [-0.2, 0) is 13.1 Å². The first-order valence-electron chi connectivity index (χ1n) is 7.84. The molecular weight excluding hydrogens is 282 g/mol. The molecule has 0 fully saturated rings. The van der Waals surface area contributed by atoms with Gasteiger partial charge in [-0.2, -0.15) is 0 Å². The van der Waals surface area contributed by atoms with E-state index >= 15 is 0 Å². The summed E-state index contributed by atoms with van der Waals surface area (Å²) in [4.78, 5) is 11.4. The average molecular weight is 297 g/mol. The summed E-state index contributed by atoms with van der Waals surface area (Å²) in [7, 11) is 0. The van der Waals surface area contributed by atoms with Gasteiger partial charge in [-0.1, -0.05) is 24.3 Å². The third-order valence-corrected chi connectivity index (χ3v) is 4.60. The molecule has 4 aromatic rings. The van der Waals surface area contributed by atoms with Crippen LogP contribution in [0.4, 0.5) is 5.69 Å². The standard InChI is InChI=1S/C20H15N3/c1-2-5-17-15(4-1)16-13-23(12-14-8-10-21-11-9-14)19-7-3-6-18(22-17)20(16)19/h1-11H,12-13H2. The first kappa shape index (κ1) is 12.6. The minimum Gasteiger partial charge on any atom is -0.362 e.